The highest BCUT2D eigenvalue weighted by molar-refractivity contribution is 5.49. The topological polar surface area (TPSA) is 68.2 Å². The van der Waals surface area contributed by atoms with E-state index in [1.54, 1.807) is 39.5 Å². The molecule has 2 N–H and O–H groups in total. The van der Waals surface area contributed by atoms with E-state index < -0.39 is 0 Å². The molecule has 0 aliphatic carbocycles. The van der Waals surface area contributed by atoms with Crippen LogP contribution in [0.4, 0.5) is 0 Å². The van der Waals surface area contributed by atoms with Crippen LogP contribution in [0.2, 0.25) is 0 Å². The summed E-state index contributed by atoms with van der Waals surface area (Å²) in [4.78, 5) is 0. The lowest BCUT2D eigenvalue weighted by Gasteiger charge is -2.10. The van der Waals surface area contributed by atoms with Crippen molar-refractivity contribution in [3.8, 4) is 23.0 Å². The van der Waals surface area contributed by atoms with E-state index in [9.17, 15) is 10.2 Å². The van der Waals surface area contributed by atoms with Crippen molar-refractivity contribution in [3.63, 3.8) is 0 Å². The van der Waals surface area contributed by atoms with Gasteiger partial charge >= 0.3 is 0 Å². The Kier molecular flexibility index (Phi) is 12.7. The van der Waals surface area contributed by atoms with Crippen molar-refractivity contribution < 1.29 is 24.4 Å². The van der Waals surface area contributed by atoms with E-state index in [0.29, 0.717) is 11.5 Å². The van der Waals surface area contributed by atoms with Crippen LogP contribution in [-0.4, -0.2) is 38.7 Å². The van der Waals surface area contributed by atoms with E-state index in [1.165, 1.54) is 7.11 Å². The van der Waals surface area contributed by atoms with Gasteiger partial charge in [-0.05, 0) is 54.7 Å². The molecule has 0 fully saturated rings. The summed E-state index contributed by atoms with van der Waals surface area (Å²) in [7, 11) is 6.34. The van der Waals surface area contributed by atoms with Crippen LogP contribution in [0.5, 0.6) is 23.0 Å². The van der Waals surface area contributed by atoms with E-state index in [0.717, 1.165) is 29.5 Å². The molecule has 0 spiro atoms. The monoisotopic (exact) mass is 388 g/mol. The molecule has 0 atom stereocenters. The van der Waals surface area contributed by atoms with Gasteiger partial charge in [-0.25, -0.2) is 0 Å². The fourth-order valence-corrected chi connectivity index (χ4v) is 2.37. The predicted molar refractivity (Wildman–Crippen MR) is 115 cm³/mol. The van der Waals surface area contributed by atoms with Gasteiger partial charge in [-0.2, -0.15) is 0 Å². The van der Waals surface area contributed by atoms with Gasteiger partial charge in [0.1, 0.15) is 0 Å². The maximum Gasteiger partial charge on any atom is 0.163 e. The number of methoxy groups -OCH3 is 3. The summed E-state index contributed by atoms with van der Waals surface area (Å²) >= 11 is 0. The number of allylic oxidation sites excluding steroid dienone is 2. The van der Waals surface area contributed by atoms with Crippen molar-refractivity contribution in [2.45, 2.75) is 19.8 Å². The van der Waals surface area contributed by atoms with Crippen LogP contribution in [0.1, 0.15) is 16.7 Å². The predicted octanol–water partition coefficient (Wildman–Crippen LogP) is 4.83. The fourth-order valence-electron chi connectivity index (χ4n) is 2.37. The molecule has 0 aliphatic heterocycles. The van der Waals surface area contributed by atoms with Crippen LogP contribution in [-0.2, 0) is 17.6 Å². The highest BCUT2D eigenvalue weighted by atomic mass is 16.5. The SMILES string of the molecule is C=CCc1ccc(O)c(OC)c1.C=CCc1ccc(O)c(OC)c1C.COC. The summed E-state index contributed by atoms with van der Waals surface area (Å²) in [6.45, 7) is 9.23. The largest absolute Gasteiger partial charge is 0.504 e. The van der Waals surface area contributed by atoms with Crippen LogP contribution < -0.4 is 9.47 Å². The molecule has 0 radical (unpaired) electrons. The Morgan fingerprint density at radius 1 is 0.857 bits per heavy atom. The zero-order valence-corrected chi connectivity index (χ0v) is 17.5. The average Bonchev–Trinajstić information content (AvgIpc) is 2.67. The van der Waals surface area contributed by atoms with Crippen LogP contribution in [0, 0.1) is 6.92 Å². The minimum absolute atomic E-state index is 0.172. The lowest BCUT2D eigenvalue weighted by atomic mass is 10.0. The third-order valence-corrected chi connectivity index (χ3v) is 3.69. The van der Waals surface area contributed by atoms with Crippen molar-refractivity contribution in [2.75, 3.05) is 28.4 Å². The standard InChI is InChI=1S/C11H14O2.C10H12O2.C2H6O/c1-4-5-9-6-7-10(12)11(13-3)8(9)2;1-3-4-8-5-6-9(11)10(7-8)12-2;1-3-2/h4,6-7,12H,1,5H2,2-3H3;3,5-7,11H,1,4H2,2H3;1-2H3. The van der Waals surface area contributed by atoms with Crippen LogP contribution in [0.15, 0.2) is 55.6 Å². The van der Waals surface area contributed by atoms with Crippen molar-refractivity contribution in [2.24, 2.45) is 0 Å². The lowest BCUT2D eigenvalue weighted by Crippen LogP contribution is -1.93. The number of benzene rings is 2. The summed E-state index contributed by atoms with van der Waals surface area (Å²) in [6, 6.07) is 8.80. The van der Waals surface area contributed by atoms with Crippen molar-refractivity contribution >= 4 is 0 Å². The summed E-state index contributed by atoms with van der Waals surface area (Å²) < 4.78 is 14.3. The second-order valence-electron chi connectivity index (χ2n) is 5.80. The van der Waals surface area contributed by atoms with Gasteiger partial charge in [0.05, 0.1) is 14.2 Å². The number of ether oxygens (including phenoxy) is 3. The first kappa shape index (κ1) is 25.1. The second-order valence-corrected chi connectivity index (χ2v) is 5.80. The third kappa shape index (κ3) is 8.18. The first-order valence-electron chi connectivity index (χ1n) is 8.73. The Bertz CT molecular complexity index is 738. The second kappa shape index (κ2) is 14.2. The Labute approximate surface area is 168 Å². The Balaban J connectivity index is 0.000000458. The first-order chi connectivity index (χ1) is 13.4. The fraction of sp³-hybridized carbons (Fsp3) is 0.304. The van der Waals surface area contributed by atoms with E-state index in [2.05, 4.69) is 17.9 Å². The summed E-state index contributed by atoms with van der Waals surface area (Å²) in [5.74, 6) is 1.42. The summed E-state index contributed by atoms with van der Waals surface area (Å²) in [5, 5.41) is 18.7. The minimum Gasteiger partial charge on any atom is -0.504 e. The third-order valence-electron chi connectivity index (χ3n) is 3.69. The van der Waals surface area contributed by atoms with Gasteiger partial charge in [-0.3, -0.25) is 0 Å². The van der Waals surface area contributed by atoms with E-state index in [-0.39, 0.29) is 11.5 Å². The van der Waals surface area contributed by atoms with Crippen LogP contribution >= 0.6 is 0 Å². The number of phenolic OH excluding ortho intramolecular Hbond substituents is 2. The quantitative estimate of drug-likeness (QED) is 0.694. The van der Waals surface area contributed by atoms with Gasteiger partial charge in [0.25, 0.3) is 0 Å². The maximum absolute atomic E-state index is 9.43. The van der Waals surface area contributed by atoms with Gasteiger partial charge in [0, 0.05) is 14.2 Å². The number of rotatable bonds is 6. The summed E-state index contributed by atoms with van der Waals surface area (Å²) in [5.41, 5.74) is 3.19. The zero-order valence-electron chi connectivity index (χ0n) is 17.5. The molecule has 2 aromatic rings. The molecule has 0 amide bonds. The molecule has 5 heteroatoms. The summed E-state index contributed by atoms with van der Waals surface area (Å²) in [6.07, 6.45) is 5.23. The molecule has 0 saturated carbocycles. The number of hydrogen-bond donors (Lipinski definition) is 2. The Hall–Kier alpha value is -2.92. The highest BCUT2D eigenvalue weighted by Crippen LogP contribution is 2.31. The molecule has 0 aliphatic rings. The average molecular weight is 389 g/mol. The molecule has 0 saturated heterocycles. The molecule has 0 heterocycles. The van der Waals surface area contributed by atoms with Gasteiger partial charge in [-0.1, -0.05) is 24.3 Å². The molecule has 0 aromatic heterocycles. The number of aromatic hydroxyl groups is 2. The van der Waals surface area contributed by atoms with Gasteiger partial charge in [-0.15, -0.1) is 13.2 Å². The Morgan fingerprint density at radius 3 is 1.93 bits per heavy atom. The lowest BCUT2D eigenvalue weighted by molar-refractivity contribution is 0.277. The molecular formula is C23H32O5. The molecule has 154 valence electrons. The molecule has 0 bridgehead atoms. The molecule has 0 unspecified atom stereocenters. The zero-order chi connectivity index (χ0) is 21.5. The molecule has 5 nitrogen and oxygen atoms in total. The van der Waals surface area contributed by atoms with E-state index in [4.69, 9.17) is 9.47 Å². The van der Waals surface area contributed by atoms with E-state index >= 15 is 0 Å². The maximum atomic E-state index is 9.43. The number of hydrogen-bond acceptors (Lipinski definition) is 5. The molecule has 28 heavy (non-hydrogen) atoms. The number of phenols is 2. The van der Waals surface area contributed by atoms with Crippen LogP contribution in [0.3, 0.4) is 0 Å². The Morgan fingerprint density at radius 2 is 1.43 bits per heavy atom. The first-order valence-corrected chi connectivity index (χ1v) is 8.73. The van der Waals surface area contributed by atoms with E-state index in [1.807, 2.05) is 31.2 Å². The van der Waals surface area contributed by atoms with Gasteiger partial charge in [0.2, 0.25) is 0 Å². The van der Waals surface area contributed by atoms with Crippen molar-refractivity contribution in [3.05, 3.63) is 72.3 Å². The van der Waals surface area contributed by atoms with Gasteiger partial charge in [0.15, 0.2) is 23.0 Å². The van der Waals surface area contributed by atoms with Gasteiger partial charge < -0.3 is 24.4 Å². The van der Waals surface area contributed by atoms with Crippen LogP contribution in [0.25, 0.3) is 0 Å². The minimum atomic E-state index is 0.172. The highest BCUT2D eigenvalue weighted by Gasteiger charge is 2.08. The van der Waals surface area contributed by atoms with Crippen molar-refractivity contribution in [1.29, 1.82) is 0 Å². The molecule has 2 aromatic carbocycles. The molecular weight excluding hydrogens is 356 g/mol. The normalized spacial score (nSPS) is 9.18. The smallest absolute Gasteiger partial charge is 0.163 e. The van der Waals surface area contributed by atoms with Crippen molar-refractivity contribution in [1.82, 2.24) is 0 Å². The molecule has 2 rings (SSSR count).